The molecule has 0 aliphatic carbocycles. The van der Waals surface area contributed by atoms with Gasteiger partial charge in [-0.05, 0) is 32.1 Å². The van der Waals surface area contributed by atoms with E-state index in [-0.39, 0.29) is 0 Å². The highest BCUT2D eigenvalue weighted by Crippen LogP contribution is 2.61. The Morgan fingerprint density at radius 1 is 0.760 bits per heavy atom. The lowest BCUT2D eigenvalue weighted by molar-refractivity contribution is 0.699. The van der Waals surface area contributed by atoms with Gasteiger partial charge in [0.25, 0.3) is 0 Å². The summed E-state index contributed by atoms with van der Waals surface area (Å²) in [7, 11) is -0.586. The van der Waals surface area contributed by atoms with Crippen LogP contribution in [-0.2, 0) is 0 Å². The largest absolute Gasteiger partial charge is 0.381 e. The number of H-pyrrole nitrogens is 1. The molecule has 1 heterocycles. The van der Waals surface area contributed by atoms with Crippen molar-refractivity contribution in [2.45, 2.75) is 91.9 Å². The maximum Gasteiger partial charge on any atom is 0.165 e. The molecule has 0 spiro atoms. The van der Waals surface area contributed by atoms with Gasteiger partial charge in [0.15, 0.2) is 5.82 Å². The van der Waals surface area contributed by atoms with Gasteiger partial charge in [-0.25, -0.2) is 0 Å². The highest BCUT2D eigenvalue weighted by atomic mass is 31.2. The van der Waals surface area contributed by atoms with E-state index in [2.05, 4.69) is 43.1 Å². The fourth-order valence-electron chi connectivity index (χ4n) is 3.24. The number of aromatic nitrogens is 3. The van der Waals surface area contributed by atoms with Crippen molar-refractivity contribution in [1.82, 2.24) is 15.4 Å². The lowest BCUT2D eigenvalue weighted by atomic mass is 10.2. The molecule has 0 unspecified atom stereocenters. The molecule has 25 heavy (non-hydrogen) atoms. The van der Waals surface area contributed by atoms with Gasteiger partial charge in [-0.2, -0.15) is 10.3 Å². The van der Waals surface area contributed by atoms with E-state index < -0.39 is 7.26 Å². The van der Waals surface area contributed by atoms with Crippen LogP contribution in [0.1, 0.15) is 91.9 Å². The van der Waals surface area contributed by atoms with Crippen LogP contribution < -0.4 is 5.73 Å². The molecular weight excluding hydrogens is 327 g/mol. The molecule has 3 N–H and O–H groups in total. The molecule has 0 aliphatic rings. The molecule has 0 aromatic carbocycles. The van der Waals surface area contributed by atoms with Crippen LogP contribution in [0.25, 0.3) is 0 Å². The van der Waals surface area contributed by atoms with Gasteiger partial charge < -0.3 is 5.73 Å². The van der Waals surface area contributed by atoms with E-state index in [1.807, 2.05) is 0 Å². The van der Waals surface area contributed by atoms with Gasteiger partial charge in [0.05, 0.1) is 30.8 Å². The van der Waals surface area contributed by atoms with Crippen molar-refractivity contribution in [2.75, 3.05) is 30.4 Å². The molecule has 0 aliphatic heterocycles. The SMILES string of the molecule is CCCCCC[P+](CCCC)(CCCC)CCCC.Nc1cn[nH]n1. The van der Waals surface area contributed by atoms with Crippen molar-refractivity contribution in [3.05, 3.63) is 6.20 Å². The first-order valence-electron chi connectivity index (χ1n) is 10.6. The van der Waals surface area contributed by atoms with Crippen molar-refractivity contribution in [3.63, 3.8) is 0 Å². The van der Waals surface area contributed by atoms with Crippen LogP contribution in [0.2, 0.25) is 0 Å². The Morgan fingerprint density at radius 3 is 1.56 bits per heavy atom. The van der Waals surface area contributed by atoms with Crippen LogP contribution in [0.3, 0.4) is 0 Å². The van der Waals surface area contributed by atoms with Gasteiger partial charge in [-0.1, -0.05) is 59.8 Å². The van der Waals surface area contributed by atoms with Crippen LogP contribution in [0, 0.1) is 0 Å². The van der Waals surface area contributed by atoms with Gasteiger partial charge >= 0.3 is 0 Å². The first-order valence-corrected chi connectivity index (χ1v) is 13.1. The third-order valence-corrected chi connectivity index (χ3v) is 9.94. The molecule has 148 valence electrons. The number of unbranched alkanes of at least 4 members (excludes halogenated alkanes) is 6. The molecule has 0 saturated carbocycles. The van der Waals surface area contributed by atoms with Gasteiger partial charge in [0.2, 0.25) is 0 Å². The summed E-state index contributed by atoms with van der Waals surface area (Å²) < 4.78 is 0. The highest BCUT2D eigenvalue weighted by molar-refractivity contribution is 7.75. The zero-order valence-corrected chi connectivity index (χ0v) is 18.3. The second-order valence-electron chi connectivity index (χ2n) is 7.25. The first-order chi connectivity index (χ1) is 12.1. The van der Waals surface area contributed by atoms with Gasteiger partial charge in [0, 0.05) is 7.26 Å². The Labute approximate surface area is 157 Å². The summed E-state index contributed by atoms with van der Waals surface area (Å²) in [6.45, 7) is 9.43. The average Bonchev–Trinajstić information content (AvgIpc) is 3.11. The molecular formula is C20H44N4P+. The van der Waals surface area contributed by atoms with E-state index in [4.69, 9.17) is 5.73 Å². The number of rotatable bonds is 14. The number of nitrogens with one attached hydrogen (secondary N) is 1. The number of aromatic amines is 1. The summed E-state index contributed by atoms with van der Waals surface area (Å²) in [5, 5.41) is 9.22. The van der Waals surface area contributed by atoms with Crippen molar-refractivity contribution in [2.24, 2.45) is 0 Å². The quantitative estimate of drug-likeness (QED) is 0.295. The van der Waals surface area contributed by atoms with Gasteiger partial charge in [0.1, 0.15) is 0 Å². The summed E-state index contributed by atoms with van der Waals surface area (Å²) in [4.78, 5) is 0. The van der Waals surface area contributed by atoms with Crippen LogP contribution >= 0.6 is 7.26 Å². The number of anilines is 1. The van der Waals surface area contributed by atoms with E-state index >= 15 is 0 Å². The molecule has 0 saturated heterocycles. The number of nitrogen functional groups attached to an aromatic ring is 1. The van der Waals surface area contributed by atoms with Crippen molar-refractivity contribution >= 4 is 13.1 Å². The summed E-state index contributed by atoms with van der Waals surface area (Å²) in [6.07, 6.45) is 22.4. The average molecular weight is 372 g/mol. The second-order valence-corrected chi connectivity index (χ2v) is 11.7. The normalized spacial score (nSPS) is 11.2. The van der Waals surface area contributed by atoms with Crippen molar-refractivity contribution in [3.8, 4) is 0 Å². The maximum atomic E-state index is 5.07. The number of hydrogen-bond donors (Lipinski definition) is 2. The third-order valence-electron chi connectivity index (χ3n) is 4.88. The van der Waals surface area contributed by atoms with Gasteiger partial charge in [-0.15, -0.1) is 5.10 Å². The van der Waals surface area contributed by atoms with Crippen LogP contribution in [-0.4, -0.2) is 40.1 Å². The molecule has 4 nitrogen and oxygen atoms in total. The molecule has 0 fully saturated rings. The predicted octanol–water partition coefficient (Wildman–Crippen LogP) is 6.37. The Kier molecular flexibility index (Phi) is 16.4. The zero-order chi connectivity index (χ0) is 18.8. The molecule has 0 bridgehead atoms. The predicted molar refractivity (Wildman–Crippen MR) is 116 cm³/mol. The fourth-order valence-corrected chi connectivity index (χ4v) is 8.43. The topological polar surface area (TPSA) is 67.6 Å². The van der Waals surface area contributed by atoms with E-state index in [1.165, 1.54) is 70.4 Å². The number of hydrogen-bond acceptors (Lipinski definition) is 3. The molecule has 0 amide bonds. The van der Waals surface area contributed by atoms with E-state index in [0.717, 1.165) is 0 Å². The van der Waals surface area contributed by atoms with Crippen LogP contribution in [0.15, 0.2) is 6.20 Å². The third kappa shape index (κ3) is 13.3. The van der Waals surface area contributed by atoms with Crippen LogP contribution in [0.4, 0.5) is 5.82 Å². The van der Waals surface area contributed by atoms with E-state index in [1.54, 1.807) is 24.6 Å². The lowest BCUT2D eigenvalue weighted by Crippen LogP contribution is -2.12. The molecule has 1 rings (SSSR count). The molecule has 1 aromatic rings. The second kappa shape index (κ2) is 16.8. The summed E-state index contributed by atoms with van der Waals surface area (Å²) >= 11 is 0. The lowest BCUT2D eigenvalue weighted by Gasteiger charge is -2.28. The Morgan fingerprint density at radius 2 is 1.24 bits per heavy atom. The Balaban J connectivity index is 0.000000796. The zero-order valence-electron chi connectivity index (χ0n) is 17.4. The summed E-state index contributed by atoms with van der Waals surface area (Å²) in [6, 6.07) is 0. The Bertz CT molecular complexity index is 346. The Hall–Kier alpha value is -0.630. The van der Waals surface area contributed by atoms with Gasteiger partial charge in [-0.3, -0.25) is 0 Å². The minimum absolute atomic E-state index is 0.426. The highest BCUT2D eigenvalue weighted by Gasteiger charge is 2.34. The maximum absolute atomic E-state index is 5.07. The number of nitrogens with zero attached hydrogens (tertiary/aromatic N) is 2. The smallest absolute Gasteiger partial charge is 0.165 e. The summed E-state index contributed by atoms with van der Waals surface area (Å²) in [5.74, 6) is 0.426. The molecule has 0 radical (unpaired) electrons. The minimum Gasteiger partial charge on any atom is -0.381 e. The fraction of sp³-hybridized carbons (Fsp3) is 0.900. The first kappa shape index (κ1) is 24.4. The van der Waals surface area contributed by atoms with Crippen LogP contribution in [0.5, 0.6) is 0 Å². The summed E-state index contributed by atoms with van der Waals surface area (Å²) in [5.41, 5.74) is 5.07. The minimum atomic E-state index is -0.586. The number of nitrogens with two attached hydrogens (primary N) is 1. The van der Waals surface area contributed by atoms with Crippen molar-refractivity contribution in [1.29, 1.82) is 0 Å². The molecule has 0 atom stereocenters. The monoisotopic (exact) mass is 371 g/mol. The molecule has 1 aromatic heterocycles. The van der Waals surface area contributed by atoms with Crippen molar-refractivity contribution < 1.29 is 0 Å². The molecule has 5 heteroatoms. The van der Waals surface area contributed by atoms with E-state index in [9.17, 15) is 0 Å². The van der Waals surface area contributed by atoms with E-state index in [0.29, 0.717) is 5.82 Å². The standard InChI is InChI=1S/C18H40P.C2H4N4/c1-5-9-13-14-18-19(15-10-6-2,16-11-7-3)17-12-8-4;3-2-1-4-6-5-2/h5-18H2,1-4H3;1H,(H3,3,4,5,6)/q+1;.